The number of para-hydroxylation sites is 1. The Kier molecular flexibility index (Phi) is 6.41. The van der Waals surface area contributed by atoms with Crippen LogP contribution in [-0.2, 0) is 19.1 Å². The molecular weight excluding hydrogens is 394 g/mol. The van der Waals surface area contributed by atoms with Crippen LogP contribution in [0.25, 0.3) is 0 Å². The van der Waals surface area contributed by atoms with Crippen LogP contribution < -0.4 is 10.6 Å². The van der Waals surface area contributed by atoms with Crippen molar-refractivity contribution in [2.24, 2.45) is 11.7 Å². The lowest BCUT2D eigenvalue weighted by molar-refractivity contribution is -0.144. The van der Waals surface area contributed by atoms with Gasteiger partial charge in [0.1, 0.15) is 11.7 Å². The van der Waals surface area contributed by atoms with E-state index >= 15 is 0 Å². The fourth-order valence-electron chi connectivity index (χ4n) is 3.88. The third-order valence-corrected chi connectivity index (χ3v) is 5.32. The number of nitrogens with zero attached hydrogens (tertiary/aromatic N) is 2. The summed E-state index contributed by atoms with van der Waals surface area (Å²) in [7, 11) is 2.52. The first kappa shape index (κ1) is 21.7. The van der Waals surface area contributed by atoms with E-state index in [-0.39, 0.29) is 17.1 Å². The van der Waals surface area contributed by atoms with Crippen molar-refractivity contribution in [2.45, 2.75) is 12.8 Å². The van der Waals surface area contributed by atoms with Crippen LogP contribution in [0.2, 0.25) is 0 Å². The van der Waals surface area contributed by atoms with E-state index in [0.717, 1.165) is 11.1 Å². The quantitative estimate of drug-likeness (QED) is 0.602. The van der Waals surface area contributed by atoms with E-state index in [1.54, 1.807) is 24.3 Å². The molecule has 31 heavy (non-hydrogen) atoms. The van der Waals surface area contributed by atoms with Gasteiger partial charge in [-0.25, -0.2) is 4.79 Å². The first-order valence-corrected chi connectivity index (χ1v) is 9.62. The molecule has 1 aliphatic heterocycles. The summed E-state index contributed by atoms with van der Waals surface area (Å²) in [6.45, 7) is 1.89. The zero-order chi connectivity index (χ0) is 22.5. The summed E-state index contributed by atoms with van der Waals surface area (Å²) in [6, 6.07) is 18.6. The lowest BCUT2D eigenvalue weighted by atomic mass is 9.74. The summed E-state index contributed by atoms with van der Waals surface area (Å²) in [5, 5.41) is 10.1. The highest BCUT2D eigenvalue weighted by Gasteiger charge is 2.45. The van der Waals surface area contributed by atoms with E-state index < -0.39 is 23.8 Å². The zero-order valence-corrected chi connectivity index (χ0v) is 17.5. The van der Waals surface area contributed by atoms with Crippen molar-refractivity contribution in [3.63, 3.8) is 0 Å². The fraction of sp³-hybridized carbons (Fsp3) is 0.208. The van der Waals surface area contributed by atoms with Crippen molar-refractivity contribution in [2.75, 3.05) is 19.1 Å². The third kappa shape index (κ3) is 4.01. The van der Waals surface area contributed by atoms with E-state index in [1.807, 2.05) is 37.3 Å². The molecule has 0 unspecified atom stereocenters. The molecule has 2 aromatic rings. The number of hydrogen-bond acceptors (Lipinski definition) is 7. The SMILES string of the molecule is COC(=O)/C=C1\[C@H](C(=O)OC)[C@@H](c2ccccc2C)C(C#N)=C(N)N1c1ccccc1. The van der Waals surface area contributed by atoms with Crippen molar-refractivity contribution in [3.05, 3.63) is 88.9 Å². The van der Waals surface area contributed by atoms with Gasteiger partial charge in [-0.05, 0) is 30.2 Å². The summed E-state index contributed by atoms with van der Waals surface area (Å²) >= 11 is 0. The van der Waals surface area contributed by atoms with Gasteiger partial charge in [-0.3, -0.25) is 9.69 Å². The first-order chi connectivity index (χ1) is 14.9. The molecule has 0 amide bonds. The van der Waals surface area contributed by atoms with Crippen LogP contribution in [-0.4, -0.2) is 26.2 Å². The van der Waals surface area contributed by atoms with Crippen LogP contribution in [0.3, 0.4) is 0 Å². The summed E-state index contributed by atoms with van der Waals surface area (Å²) in [5.41, 5.74) is 9.21. The number of aryl methyl sites for hydroxylation is 1. The van der Waals surface area contributed by atoms with Crippen LogP contribution in [0.1, 0.15) is 17.0 Å². The molecule has 1 heterocycles. The molecule has 0 fully saturated rings. The second-order valence-corrected chi connectivity index (χ2v) is 7.01. The van der Waals surface area contributed by atoms with Crippen molar-refractivity contribution in [1.82, 2.24) is 0 Å². The molecule has 2 N–H and O–H groups in total. The molecule has 0 spiro atoms. The molecule has 0 saturated carbocycles. The van der Waals surface area contributed by atoms with Crippen LogP contribution in [0, 0.1) is 24.2 Å². The Morgan fingerprint density at radius 3 is 2.29 bits per heavy atom. The highest BCUT2D eigenvalue weighted by atomic mass is 16.5. The Hall–Kier alpha value is -4.05. The molecule has 0 radical (unpaired) electrons. The largest absolute Gasteiger partial charge is 0.468 e. The predicted molar refractivity (Wildman–Crippen MR) is 115 cm³/mol. The molecule has 0 saturated heterocycles. The van der Waals surface area contributed by atoms with Gasteiger partial charge in [-0.1, -0.05) is 42.5 Å². The van der Waals surface area contributed by atoms with Crippen LogP contribution in [0.5, 0.6) is 0 Å². The summed E-state index contributed by atoms with van der Waals surface area (Å²) < 4.78 is 9.94. The summed E-state index contributed by atoms with van der Waals surface area (Å²) in [5.74, 6) is -2.83. The monoisotopic (exact) mass is 417 g/mol. The minimum atomic E-state index is -0.993. The molecule has 0 aromatic heterocycles. The van der Waals surface area contributed by atoms with Crippen LogP contribution in [0.15, 0.2) is 77.8 Å². The van der Waals surface area contributed by atoms with E-state index in [9.17, 15) is 14.9 Å². The van der Waals surface area contributed by atoms with Crippen molar-refractivity contribution in [3.8, 4) is 6.07 Å². The maximum atomic E-state index is 13.1. The Morgan fingerprint density at radius 2 is 1.71 bits per heavy atom. The third-order valence-electron chi connectivity index (χ3n) is 5.32. The van der Waals surface area contributed by atoms with Gasteiger partial charge in [0.15, 0.2) is 0 Å². The van der Waals surface area contributed by atoms with Gasteiger partial charge in [0.25, 0.3) is 0 Å². The van der Waals surface area contributed by atoms with E-state index in [2.05, 4.69) is 6.07 Å². The number of methoxy groups -OCH3 is 2. The van der Waals surface area contributed by atoms with E-state index in [0.29, 0.717) is 5.69 Å². The Morgan fingerprint density at radius 1 is 1.06 bits per heavy atom. The smallest absolute Gasteiger partial charge is 0.332 e. The maximum Gasteiger partial charge on any atom is 0.332 e. The fourth-order valence-corrected chi connectivity index (χ4v) is 3.88. The average Bonchev–Trinajstić information content (AvgIpc) is 2.79. The van der Waals surface area contributed by atoms with Crippen LogP contribution in [0.4, 0.5) is 5.69 Å². The number of carbonyl (C=O) groups excluding carboxylic acids is 2. The number of esters is 2. The van der Waals surface area contributed by atoms with E-state index in [1.165, 1.54) is 25.2 Å². The number of nitriles is 1. The average molecular weight is 417 g/mol. The van der Waals surface area contributed by atoms with Gasteiger partial charge in [0, 0.05) is 23.4 Å². The van der Waals surface area contributed by atoms with Gasteiger partial charge in [0.05, 0.1) is 25.9 Å². The Balaban J connectivity index is 2.39. The lowest BCUT2D eigenvalue weighted by Crippen LogP contribution is -2.43. The molecule has 7 nitrogen and oxygen atoms in total. The molecule has 0 aliphatic carbocycles. The number of rotatable bonds is 4. The molecule has 3 rings (SSSR count). The topological polar surface area (TPSA) is 106 Å². The van der Waals surface area contributed by atoms with Crippen molar-refractivity contribution < 1.29 is 19.1 Å². The number of anilines is 1. The molecule has 7 heteroatoms. The number of nitrogens with two attached hydrogens (primary N) is 1. The van der Waals surface area contributed by atoms with E-state index in [4.69, 9.17) is 15.2 Å². The van der Waals surface area contributed by atoms with Gasteiger partial charge < -0.3 is 15.2 Å². The zero-order valence-electron chi connectivity index (χ0n) is 17.5. The second kappa shape index (κ2) is 9.18. The number of allylic oxidation sites excluding steroid dienone is 1. The number of benzene rings is 2. The highest BCUT2D eigenvalue weighted by molar-refractivity contribution is 5.89. The van der Waals surface area contributed by atoms with Gasteiger partial charge >= 0.3 is 11.9 Å². The summed E-state index contributed by atoms with van der Waals surface area (Å²) in [4.78, 5) is 26.9. The predicted octanol–water partition coefficient (Wildman–Crippen LogP) is 3.14. The molecule has 2 atom stereocenters. The Labute approximate surface area is 181 Å². The van der Waals surface area contributed by atoms with Crippen LogP contribution >= 0.6 is 0 Å². The normalized spacial score (nSPS) is 19.7. The van der Waals surface area contributed by atoms with Gasteiger partial charge in [-0.2, -0.15) is 5.26 Å². The minimum absolute atomic E-state index is 0.136. The number of ether oxygens (including phenoxy) is 2. The molecule has 1 aliphatic rings. The Bertz CT molecular complexity index is 1100. The maximum absolute atomic E-state index is 13.1. The van der Waals surface area contributed by atoms with Gasteiger partial charge in [-0.15, -0.1) is 0 Å². The number of hydrogen-bond donors (Lipinski definition) is 1. The number of carbonyl (C=O) groups is 2. The van der Waals surface area contributed by atoms with Crippen molar-refractivity contribution in [1.29, 1.82) is 5.26 Å². The molecule has 158 valence electrons. The second-order valence-electron chi connectivity index (χ2n) is 7.01. The highest BCUT2D eigenvalue weighted by Crippen LogP contribution is 2.46. The molecule has 0 bridgehead atoms. The minimum Gasteiger partial charge on any atom is -0.468 e. The lowest BCUT2D eigenvalue weighted by Gasteiger charge is -2.40. The molecular formula is C24H23N3O4. The molecule has 2 aromatic carbocycles. The summed E-state index contributed by atoms with van der Waals surface area (Å²) in [6.07, 6.45) is 1.22. The van der Waals surface area contributed by atoms with Crippen molar-refractivity contribution >= 4 is 17.6 Å². The first-order valence-electron chi connectivity index (χ1n) is 9.62. The van der Waals surface area contributed by atoms with Gasteiger partial charge in [0.2, 0.25) is 0 Å². The standard InChI is InChI=1S/C24H23N3O4/c1-15-9-7-8-12-17(15)21-18(14-25)23(26)27(16-10-5-4-6-11-16)19(13-20(28)30-2)22(21)24(29)31-3/h4-13,21-22H,26H2,1-3H3/b19-13+/t21-,22-/m0/s1.